The Balaban J connectivity index is 2.03. The monoisotopic (exact) mass is 281 g/mol. The molecule has 0 amide bonds. The van der Waals surface area contributed by atoms with Crippen LogP contribution < -0.4 is 0 Å². The largest absolute Gasteiger partial charge is 0.458 e. The van der Waals surface area contributed by atoms with Crippen LogP contribution in [0.15, 0.2) is 0 Å². The Labute approximate surface area is 119 Å². The van der Waals surface area contributed by atoms with E-state index in [0.717, 1.165) is 18.5 Å². The molecule has 2 rings (SSSR count). The van der Waals surface area contributed by atoms with Gasteiger partial charge in [0.25, 0.3) is 0 Å². The molecule has 0 saturated heterocycles. The molecule has 1 heterocycles. The van der Waals surface area contributed by atoms with Crippen molar-refractivity contribution in [2.45, 2.75) is 51.5 Å². The first-order chi connectivity index (χ1) is 9.74. The highest BCUT2D eigenvalue weighted by atomic mass is 16.6. The van der Waals surface area contributed by atoms with Crippen LogP contribution in [-0.2, 0) is 9.47 Å². The highest BCUT2D eigenvalue weighted by Crippen LogP contribution is 2.27. The number of carbonyl (C=O) groups excluding carboxylic acids is 1. The Morgan fingerprint density at radius 2 is 1.95 bits per heavy atom. The topological polar surface area (TPSA) is 66.2 Å². The molecule has 1 aliphatic rings. The molecule has 0 radical (unpaired) electrons. The van der Waals surface area contributed by atoms with Gasteiger partial charge in [0.05, 0.1) is 18.3 Å². The average molecular weight is 281 g/mol. The fraction of sp³-hybridized carbons (Fsp3) is 0.786. The van der Waals surface area contributed by atoms with E-state index in [1.165, 1.54) is 25.7 Å². The minimum Gasteiger partial charge on any atom is -0.458 e. The first-order valence-corrected chi connectivity index (χ1v) is 7.32. The lowest BCUT2D eigenvalue weighted by atomic mass is 10.1. The molecule has 0 aromatic carbocycles. The van der Waals surface area contributed by atoms with E-state index in [2.05, 4.69) is 10.3 Å². The van der Waals surface area contributed by atoms with Crippen LogP contribution in [0.3, 0.4) is 0 Å². The summed E-state index contributed by atoms with van der Waals surface area (Å²) in [6.45, 7) is 2.52. The lowest BCUT2D eigenvalue weighted by Crippen LogP contribution is -2.14. The summed E-state index contributed by atoms with van der Waals surface area (Å²) in [4.78, 5) is 11.9. The van der Waals surface area contributed by atoms with Gasteiger partial charge in [0, 0.05) is 7.11 Å². The molecule has 112 valence electrons. The minimum atomic E-state index is -0.417. The first kappa shape index (κ1) is 15.0. The van der Waals surface area contributed by atoms with Crippen molar-refractivity contribution in [2.24, 2.45) is 0 Å². The molecule has 20 heavy (non-hydrogen) atoms. The summed E-state index contributed by atoms with van der Waals surface area (Å²) >= 11 is 0. The number of ether oxygens (including phenoxy) is 2. The second kappa shape index (κ2) is 7.38. The number of rotatable bonds is 5. The number of methoxy groups -OCH3 is 1. The molecule has 0 aliphatic heterocycles. The Morgan fingerprint density at radius 1 is 1.25 bits per heavy atom. The average Bonchev–Trinajstić information content (AvgIpc) is 2.66. The smallest absolute Gasteiger partial charge is 0.360 e. The predicted molar refractivity (Wildman–Crippen MR) is 73.7 cm³/mol. The maximum absolute atomic E-state index is 11.9. The summed E-state index contributed by atoms with van der Waals surface area (Å²) in [6.07, 6.45) is 7.24. The number of aromatic nitrogens is 3. The highest BCUT2D eigenvalue weighted by molar-refractivity contribution is 5.88. The van der Waals surface area contributed by atoms with Gasteiger partial charge in [-0.2, -0.15) is 0 Å². The van der Waals surface area contributed by atoms with Gasteiger partial charge in [-0.3, -0.25) is 0 Å². The van der Waals surface area contributed by atoms with Gasteiger partial charge in [-0.1, -0.05) is 30.9 Å². The van der Waals surface area contributed by atoms with E-state index < -0.39 is 5.97 Å². The molecule has 1 aromatic heterocycles. The molecule has 0 spiro atoms. The molecular weight excluding hydrogens is 258 g/mol. The van der Waals surface area contributed by atoms with E-state index in [4.69, 9.17) is 9.47 Å². The highest BCUT2D eigenvalue weighted by Gasteiger charge is 2.23. The number of hydrogen-bond donors (Lipinski definition) is 0. The molecule has 0 bridgehead atoms. The second-order valence-corrected chi connectivity index (χ2v) is 5.24. The Bertz CT molecular complexity index is 437. The fourth-order valence-electron chi connectivity index (χ4n) is 2.66. The molecule has 1 fully saturated rings. The summed E-state index contributed by atoms with van der Waals surface area (Å²) in [7, 11) is 1.57. The van der Waals surface area contributed by atoms with Crippen LogP contribution in [0.25, 0.3) is 0 Å². The van der Waals surface area contributed by atoms with Crippen LogP contribution in [0, 0.1) is 6.92 Å². The van der Waals surface area contributed by atoms with Crippen molar-refractivity contribution in [2.75, 3.05) is 20.3 Å². The third-order valence-corrected chi connectivity index (χ3v) is 3.81. The van der Waals surface area contributed by atoms with Crippen LogP contribution in [-0.4, -0.2) is 41.3 Å². The summed E-state index contributed by atoms with van der Waals surface area (Å²) in [5, 5.41) is 8.16. The van der Waals surface area contributed by atoms with Gasteiger partial charge < -0.3 is 9.47 Å². The lowest BCUT2D eigenvalue weighted by Gasteiger charge is -2.15. The Morgan fingerprint density at radius 3 is 2.60 bits per heavy atom. The van der Waals surface area contributed by atoms with Gasteiger partial charge in [0.2, 0.25) is 0 Å². The molecule has 6 heteroatoms. The first-order valence-electron chi connectivity index (χ1n) is 7.32. The van der Waals surface area contributed by atoms with Crippen molar-refractivity contribution in [3.8, 4) is 0 Å². The van der Waals surface area contributed by atoms with Crippen LogP contribution >= 0.6 is 0 Å². The zero-order valence-electron chi connectivity index (χ0n) is 12.3. The minimum absolute atomic E-state index is 0.241. The van der Waals surface area contributed by atoms with Crippen LogP contribution in [0.2, 0.25) is 0 Å². The zero-order chi connectivity index (χ0) is 14.4. The normalized spacial score (nSPS) is 16.9. The van der Waals surface area contributed by atoms with E-state index >= 15 is 0 Å². The number of carbonyl (C=O) groups is 1. The third kappa shape index (κ3) is 3.56. The van der Waals surface area contributed by atoms with Crippen LogP contribution in [0.4, 0.5) is 0 Å². The van der Waals surface area contributed by atoms with Crippen molar-refractivity contribution in [3.63, 3.8) is 0 Å². The quantitative estimate of drug-likeness (QED) is 0.470. The standard InChI is InChI=1S/C14H23N3O3/c1-11-13(14(18)20-10-9-19-2)15-16-17(11)12-7-5-3-4-6-8-12/h12H,3-10H2,1-2H3. The van der Waals surface area contributed by atoms with Crippen molar-refractivity contribution in [1.82, 2.24) is 15.0 Å². The number of esters is 1. The van der Waals surface area contributed by atoms with E-state index in [9.17, 15) is 4.79 Å². The van der Waals surface area contributed by atoms with Gasteiger partial charge >= 0.3 is 5.97 Å². The van der Waals surface area contributed by atoms with E-state index in [1.54, 1.807) is 7.11 Å². The molecule has 0 atom stereocenters. The molecule has 1 saturated carbocycles. The zero-order valence-corrected chi connectivity index (χ0v) is 12.3. The van der Waals surface area contributed by atoms with Gasteiger partial charge in [-0.15, -0.1) is 5.10 Å². The van der Waals surface area contributed by atoms with E-state index in [1.807, 2.05) is 11.6 Å². The molecule has 1 aromatic rings. The summed E-state index contributed by atoms with van der Waals surface area (Å²) in [6, 6.07) is 0.366. The summed E-state index contributed by atoms with van der Waals surface area (Å²) in [5.41, 5.74) is 1.13. The maximum atomic E-state index is 11.9. The SMILES string of the molecule is COCCOC(=O)c1nnn(C2CCCCCC2)c1C. The number of nitrogens with zero attached hydrogens (tertiary/aromatic N) is 3. The van der Waals surface area contributed by atoms with Gasteiger partial charge in [0.1, 0.15) is 6.61 Å². The van der Waals surface area contributed by atoms with Crippen LogP contribution in [0.5, 0.6) is 0 Å². The van der Waals surface area contributed by atoms with Crippen molar-refractivity contribution in [3.05, 3.63) is 11.4 Å². The van der Waals surface area contributed by atoms with Crippen molar-refractivity contribution < 1.29 is 14.3 Å². The van der Waals surface area contributed by atoms with Gasteiger partial charge in [-0.25, -0.2) is 9.48 Å². The van der Waals surface area contributed by atoms with Crippen LogP contribution in [0.1, 0.15) is 60.7 Å². The second-order valence-electron chi connectivity index (χ2n) is 5.24. The Hall–Kier alpha value is -1.43. The molecule has 0 N–H and O–H groups in total. The summed E-state index contributed by atoms with van der Waals surface area (Å²) in [5.74, 6) is -0.417. The van der Waals surface area contributed by atoms with E-state index in [-0.39, 0.29) is 6.61 Å². The molecule has 6 nitrogen and oxygen atoms in total. The lowest BCUT2D eigenvalue weighted by molar-refractivity contribution is 0.0380. The molecule has 1 aliphatic carbocycles. The third-order valence-electron chi connectivity index (χ3n) is 3.81. The van der Waals surface area contributed by atoms with Gasteiger partial charge in [0.15, 0.2) is 5.69 Å². The molecular formula is C14H23N3O3. The maximum Gasteiger partial charge on any atom is 0.360 e. The fourth-order valence-corrected chi connectivity index (χ4v) is 2.66. The summed E-state index contributed by atoms with van der Waals surface area (Å²) < 4.78 is 11.9. The van der Waals surface area contributed by atoms with E-state index in [0.29, 0.717) is 18.3 Å². The Kier molecular flexibility index (Phi) is 5.52. The van der Waals surface area contributed by atoms with Crippen molar-refractivity contribution in [1.29, 1.82) is 0 Å². The van der Waals surface area contributed by atoms with Crippen molar-refractivity contribution >= 4 is 5.97 Å². The molecule has 0 unspecified atom stereocenters. The predicted octanol–water partition coefficient (Wildman–Crippen LogP) is 2.29. The van der Waals surface area contributed by atoms with Gasteiger partial charge in [-0.05, 0) is 19.8 Å². The number of hydrogen-bond acceptors (Lipinski definition) is 5.